The number of nitriles is 1. The predicted molar refractivity (Wildman–Crippen MR) is 56.0 cm³/mol. The quantitative estimate of drug-likeness (QED) is 0.767. The highest BCUT2D eigenvalue weighted by atomic mass is 15.1. The molecule has 0 unspecified atom stereocenters. The number of rotatable bonds is 4. The van der Waals surface area contributed by atoms with Crippen LogP contribution in [0.2, 0.25) is 0 Å². The molecule has 1 heterocycles. The molecule has 1 N–H and O–H groups in total. The van der Waals surface area contributed by atoms with Crippen molar-refractivity contribution in [3.8, 4) is 6.07 Å². The van der Waals surface area contributed by atoms with Gasteiger partial charge < -0.3 is 10.2 Å². The van der Waals surface area contributed by atoms with Crippen molar-refractivity contribution >= 4 is 5.69 Å². The Bertz CT molecular complexity index is 327. The lowest BCUT2D eigenvalue weighted by Crippen LogP contribution is -2.20. The highest BCUT2D eigenvalue weighted by molar-refractivity contribution is 5.45. The van der Waals surface area contributed by atoms with Crippen molar-refractivity contribution in [1.29, 1.82) is 5.26 Å². The molecule has 0 saturated heterocycles. The SMILES string of the molecule is CN(C)CCNc1ccnc(C#N)c1. The smallest absolute Gasteiger partial charge is 0.142 e. The molecule has 0 aliphatic rings. The zero-order valence-electron chi connectivity index (χ0n) is 8.49. The largest absolute Gasteiger partial charge is 0.384 e. The minimum Gasteiger partial charge on any atom is -0.384 e. The molecule has 0 amide bonds. The molecule has 1 aromatic rings. The minimum atomic E-state index is 0.444. The second-order valence-corrected chi connectivity index (χ2v) is 3.27. The average Bonchev–Trinajstić information content (AvgIpc) is 2.18. The number of nitrogens with one attached hydrogen (secondary N) is 1. The van der Waals surface area contributed by atoms with Crippen molar-refractivity contribution in [3.63, 3.8) is 0 Å². The van der Waals surface area contributed by atoms with Crippen LogP contribution in [0.3, 0.4) is 0 Å². The molecular weight excluding hydrogens is 176 g/mol. The number of aromatic nitrogens is 1. The molecule has 0 radical (unpaired) electrons. The maximum atomic E-state index is 8.63. The summed E-state index contributed by atoms with van der Waals surface area (Å²) in [6.07, 6.45) is 1.64. The molecule has 4 nitrogen and oxygen atoms in total. The van der Waals surface area contributed by atoms with Gasteiger partial charge in [0.1, 0.15) is 11.8 Å². The first-order chi connectivity index (χ1) is 6.72. The van der Waals surface area contributed by atoms with Crippen LogP contribution in [0, 0.1) is 11.3 Å². The van der Waals surface area contributed by atoms with Crippen LogP contribution in [0.25, 0.3) is 0 Å². The van der Waals surface area contributed by atoms with E-state index in [1.807, 2.05) is 26.2 Å². The first-order valence-corrected chi connectivity index (χ1v) is 4.47. The summed E-state index contributed by atoms with van der Waals surface area (Å²) in [4.78, 5) is 5.99. The third kappa shape index (κ3) is 3.42. The first-order valence-electron chi connectivity index (χ1n) is 4.47. The van der Waals surface area contributed by atoms with Gasteiger partial charge in [0.2, 0.25) is 0 Å². The monoisotopic (exact) mass is 190 g/mol. The first kappa shape index (κ1) is 10.5. The Morgan fingerprint density at radius 1 is 1.57 bits per heavy atom. The standard InChI is InChI=1S/C10H14N4/c1-14(2)6-5-13-9-3-4-12-10(7-9)8-11/h3-4,7H,5-6H2,1-2H3,(H,12,13). The Hall–Kier alpha value is -1.60. The Morgan fingerprint density at radius 2 is 2.36 bits per heavy atom. The van der Waals surface area contributed by atoms with Gasteiger partial charge in [0.15, 0.2) is 0 Å². The molecule has 4 heteroatoms. The highest BCUT2D eigenvalue weighted by Crippen LogP contribution is 2.06. The van der Waals surface area contributed by atoms with E-state index in [9.17, 15) is 0 Å². The Kier molecular flexibility index (Phi) is 3.89. The lowest BCUT2D eigenvalue weighted by Gasteiger charge is -2.10. The fourth-order valence-electron chi connectivity index (χ4n) is 1.03. The molecule has 74 valence electrons. The average molecular weight is 190 g/mol. The van der Waals surface area contributed by atoms with Gasteiger partial charge in [-0.05, 0) is 26.2 Å². The Balaban J connectivity index is 2.47. The maximum absolute atomic E-state index is 8.63. The van der Waals surface area contributed by atoms with Gasteiger partial charge in [-0.3, -0.25) is 0 Å². The van der Waals surface area contributed by atoms with Crippen LogP contribution in [0.5, 0.6) is 0 Å². The van der Waals surface area contributed by atoms with Crippen LogP contribution in [0.15, 0.2) is 18.3 Å². The van der Waals surface area contributed by atoms with E-state index in [2.05, 4.69) is 15.2 Å². The van der Waals surface area contributed by atoms with E-state index >= 15 is 0 Å². The molecule has 0 aromatic carbocycles. The van der Waals surface area contributed by atoms with Crippen LogP contribution in [-0.4, -0.2) is 37.1 Å². The number of likely N-dealkylation sites (N-methyl/N-ethyl adjacent to an activating group) is 1. The van der Waals surface area contributed by atoms with Crippen molar-refractivity contribution in [2.45, 2.75) is 0 Å². The van der Waals surface area contributed by atoms with Gasteiger partial charge in [0.25, 0.3) is 0 Å². The fourth-order valence-corrected chi connectivity index (χ4v) is 1.03. The fraction of sp³-hybridized carbons (Fsp3) is 0.400. The lowest BCUT2D eigenvalue weighted by molar-refractivity contribution is 0.425. The van der Waals surface area contributed by atoms with E-state index < -0.39 is 0 Å². The zero-order chi connectivity index (χ0) is 10.4. The van der Waals surface area contributed by atoms with Crippen LogP contribution in [-0.2, 0) is 0 Å². The molecule has 14 heavy (non-hydrogen) atoms. The van der Waals surface area contributed by atoms with Gasteiger partial charge in [-0.15, -0.1) is 0 Å². The summed E-state index contributed by atoms with van der Waals surface area (Å²) in [7, 11) is 4.05. The van der Waals surface area contributed by atoms with Gasteiger partial charge in [0, 0.05) is 25.0 Å². The summed E-state index contributed by atoms with van der Waals surface area (Å²) in [5, 5.41) is 11.8. The highest BCUT2D eigenvalue weighted by Gasteiger charge is 1.95. The van der Waals surface area contributed by atoms with E-state index in [0.717, 1.165) is 18.8 Å². The minimum absolute atomic E-state index is 0.444. The normalized spacial score (nSPS) is 9.86. The summed E-state index contributed by atoms with van der Waals surface area (Å²) in [5.74, 6) is 0. The molecular formula is C10H14N4. The van der Waals surface area contributed by atoms with Crippen LogP contribution in [0.1, 0.15) is 5.69 Å². The second kappa shape index (κ2) is 5.20. The van der Waals surface area contributed by atoms with E-state index in [-0.39, 0.29) is 0 Å². The van der Waals surface area contributed by atoms with E-state index in [4.69, 9.17) is 5.26 Å². The van der Waals surface area contributed by atoms with Crippen LogP contribution < -0.4 is 5.32 Å². The maximum Gasteiger partial charge on any atom is 0.142 e. The van der Waals surface area contributed by atoms with Crippen LogP contribution in [0.4, 0.5) is 5.69 Å². The summed E-state index contributed by atoms with van der Waals surface area (Å²) in [5.41, 5.74) is 1.39. The zero-order valence-corrected chi connectivity index (χ0v) is 8.49. The Morgan fingerprint density at radius 3 is 3.00 bits per heavy atom. The van der Waals surface area contributed by atoms with Gasteiger partial charge in [-0.2, -0.15) is 5.26 Å². The third-order valence-corrected chi connectivity index (χ3v) is 1.76. The molecule has 0 atom stereocenters. The molecule has 0 aliphatic heterocycles. The molecule has 1 rings (SSSR count). The second-order valence-electron chi connectivity index (χ2n) is 3.27. The van der Waals surface area contributed by atoms with Crippen molar-refractivity contribution in [3.05, 3.63) is 24.0 Å². The number of anilines is 1. The lowest BCUT2D eigenvalue weighted by atomic mass is 10.3. The summed E-state index contributed by atoms with van der Waals surface area (Å²) >= 11 is 0. The molecule has 0 spiro atoms. The Labute approximate surface area is 84.2 Å². The van der Waals surface area contributed by atoms with Gasteiger partial charge in [0.05, 0.1) is 0 Å². The molecule has 0 fully saturated rings. The van der Waals surface area contributed by atoms with Crippen LogP contribution >= 0.6 is 0 Å². The number of pyridine rings is 1. The summed E-state index contributed by atoms with van der Waals surface area (Å²) < 4.78 is 0. The van der Waals surface area contributed by atoms with Crippen molar-refractivity contribution < 1.29 is 0 Å². The third-order valence-electron chi connectivity index (χ3n) is 1.76. The van der Waals surface area contributed by atoms with Crippen molar-refractivity contribution in [2.24, 2.45) is 0 Å². The molecule has 0 saturated carbocycles. The van der Waals surface area contributed by atoms with Crippen molar-refractivity contribution in [1.82, 2.24) is 9.88 Å². The summed E-state index contributed by atoms with van der Waals surface area (Å²) in [6.45, 7) is 1.83. The molecule has 1 aromatic heterocycles. The molecule has 0 bridgehead atoms. The van der Waals surface area contributed by atoms with E-state index in [1.54, 1.807) is 12.3 Å². The predicted octanol–water partition coefficient (Wildman–Crippen LogP) is 0.927. The van der Waals surface area contributed by atoms with Gasteiger partial charge in [-0.1, -0.05) is 0 Å². The van der Waals surface area contributed by atoms with E-state index in [0.29, 0.717) is 5.69 Å². The molecule has 0 aliphatic carbocycles. The summed E-state index contributed by atoms with van der Waals surface area (Å²) in [6, 6.07) is 5.61. The number of hydrogen-bond acceptors (Lipinski definition) is 4. The van der Waals surface area contributed by atoms with Gasteiger partial charge in [-0.25, -0.2) is 4.98 Å². The number of nitrogens with zero attached hydrogens (tertiary/aromatic N) is 3. The van der Waals surface area contributed by atoms with E-state index in [1.165, 1.54) is 0 Å². The topological polar surface area (TPSA) is 52.0 Å². The number of hydrogen-bond donors (Lipinski definition) is 1. The van der Waals surface area contributed by atoms with Gasteiger partial charge >= 0.3 is 0 Å². The van der Waals surface area contributed by atoms with Crippen molar-refractivity contribution in [2.75, 3.05) is 32.5 Å².